The van der Waals surface area contributed by atoms with Crippen molar-refractivity contribution in [2.45, 2.75) is 80.8 Å². The van der Waals surface area contributed by atoms with Crippen LogP contribution in [0.15, 0.2) is 6.20 Å². The van der Waals surface area contributed by atoms with Crippen LogP contribution in [0.2, 0.25) is 0 Å². The first-order valence-corrected chi connectivity index (χ1v) is 10.2. The van der Waals surface area contributed by atoms with Gasteiger partial charge in [0.1, 0.15) is 0 Å². The fourth-order valence-electron chi connectivity index (χ4n) is 7.82. The van der Waals surface area contributed by atoms with E-state index in [2.05, 4.69) is 10.3 Å². The molecule has 1 aromatic rings. The number of anilines is 1. The van der Waals surface area contributed by atoms with E-state index in [9.17, 15) is 15.0 Å². The minimum Gasteiger partial charge on any atom is -0.477 e. The lowest BCUT2D eigenvalue weighted by atomic mass is 9.51. The first kappa shape index (κ1) is 15.4. The molecule has 0 aromatic carbocycles. The van der Waals surface area contributed by atoms with Crippen LogP contribution in [0.4, 0.5) is 5.69 Å². The normalized spacial score (nSPS) is 44.3. The Morgan fingerprint density at radius 3 is 2.42 bits per heavy atom. The predicted molar refractivity (Wildman–Crippen MR) is 96.5 cm³/mol. The lowest BCUT2D eigenvalue weighted by Gasteiger charge is -2.60. The second-order valence-corrected chi connectivity index (χ2v) is 9.95. The molecule has 0 aliphatic heterocycles. The largest absolute Gasteiger partial charge is 0.477 e. The quantitative estimate of drug-likeness (QED) is 0.772. The molecule has 5 heteroatoms. The zero-order valence-corrected chi connectivity index (χ0v) is 15.0. The van der Waals surface area contributed by atoms with Crippen LogP contribution >= 0.6 is 0 Å². The number of nitrogens with zero attached hydrogens (tertiary/aromatic N) is 1. The van der Waals surface area contributed by atoms with Crippen LogP contribution < -0.4 is 5.32 Å². The molecule has 5 fully saturated rings. The van der Waals surface area contributed by atoms with Crippen LogP contribution in [-0.2, 0) is 0 Å². The number of pyridine rings is 1. The smallest absolute Gasteiger partial charge is 0.354 e. The second-order valence-electron chi connectivity index (χ2n) is 9.95. The third-order valence-corrected chi connectivity index (χ3v) is 8.04. The van der Waals surface area contributed by atoms with Crippen LogP contribution in [0.3, 0.4) is 0 Å². The van der Waals surface area contributed by atoms with E-state index in [-0.39, 0.29) is 11.2 Å². The number of carboxylic acids is 1. The molecule has 6 aliphatic carbocycles. The van der Waals surface area contributed by atoms with Gasteiger partial charge in [-0.1, -0.05) is 0 Å². The molecular formula is C21H26N2O3. The standard InChI is InChI=1S/C21H26N2O3/c24-19(25)18-17-14-2-1-13(4-14)16(17)15(9-22-18)23-20-5-11-3-12(6-20)8-21(26,7-11)10-20/h9,11-14,23,26H,1-8,10H2,(H,24,25). The molecule has 5 nitrogen and oxygen atoms in total. The van der Waals surface area contributed by atoms with Gasteiger partial charge in [-0.2, -0.15) is 0 Å². The van der Waals surface area contributed by atoms with Crippen molar-refractivity contribution in [3.05, 3.63) is 23.0 Å². The van der Waals surface area contributed by atoms with Crippen LogP contribution in [0.5, 0.6) is 0 Å². The number of rotatable bonds is 3. The fraction of sp³-hybridized carbons (Fsp3) is 0.714. The molecule has 6 bridgehead atoms. The molecule has 0 radical (unpaired) electrons. The van der Waals surface area contributed by atoms with Gasteiger partial charge < -0.3 is 15.5 Å². The Labute approximate surface area is 153 Å². The highest BCUT2D eigenvalue weighted by atomic mass is 16.4. The number of carbonyl (C=O) groups is 1. The second kappa shape index (κ2) is 4.80. The molecule has 1 heterocycles. The Balaban J connectivity index is 1.42. The summed E-state index contributed by atoms with van der Waals surface area (Å²) >= 11 is 0. The lowest BCUT2D eigenvalue weighted by molar-refractivity contribution is -0.127. The van der Waals surface area contributed by atoms with E-state index in [0.717, 1.165) is 62.6 Å². The van der Waals surface area contributed by atoms with Gasteiger partial charge in [-0.3, -0.25) is 0 Å². The molecule has 1 aromatic heterocycles. The minimum atomic E-state index is -0.899. The van der Waals surface area contributed by atoms with E-state index in [1.807, 2.05) is 0 Å². The predicted octanol–water partition coefficient (Wildman–Crippen LogP) is 3.64. The number of hydrogen-bond acceptors (Lipinski definition) is 4. The Morgan fingerprint density at radius 1 is 1.08 bits per heavy atom. The van der Waals surface area contributed by atoms with E-state index < -0.39 is 11.6 Å². The van der Waals surface area contributed by atoms with Gasteiger partial charge in [0.25, 0.3) is 0 Å². The molecule has 7 rings (SSSR count). The average Bonchev–Trinajstić information content (AvgIpc) is 3.14. The third-order valence-electron chi connectivity index (χ3n) is 8.04. The topological polar surface area (TPSA) is 82.5 Å². The molecule has 0 spiro atoms. The van der Waals surface area contributed by atoms with E-state index >= 15 is 0 Å². The first-order chi connectivity index (χ1) is 12.4. The van der Waals surface area contributed by atoms with Gasteiger partial charge in [0.2, 0.25) is 0 Å². The van der Waals surface area contributed by atoms with Crippen molar-refractivity contribution in [2.24, 2.45) is 11.8 Å². The summed E-state index contributed by atoms with van der Waals surface area (Å²) in [6, 6.07) is 0. The SMILES string of the molecule is O=C(O)c1ncc(NC23CC4CC(CC(O)(C4)C2)C3)c2c1C1CCC2C1. The van der Waals surface area contributed by atoms with E-state index in [1.54, 1.807) is 6.20 Å². The van der Waals surface area contributed by atoms with Gasteiger partial charge in [0.15, 0.2) is 5.69 Å². The third kappa shape index (κ3) is 2.01. The highest BCUT2D eigenvalue weighted by Gasteiger charge is 2.57. The number of fused-ring (bicyclic) bond motifs is 5. The molecule has 0 amide bonds. The first-order valence-electron chi connectivity index (χ1n) is 10.2. The van der Waals surface area contributed by atoms with Crippen molar-refractivity contribution in [1.29, 1.82) is 0 Å². The molecule has 4 unspecified atom stereocenters. The van der Waals surface area contributed by atoms with Gasteiger partial charge >= 0.3 is 5.97 Å². The molecule has 5 saturated carbocycles. The van der Waals surface area contributed by atoms with E-state index in [0.29, 0.717) is 23.7 Å². The van der Waals surface area contributed by atoms with E-state index in [1.165, 1.54) is 12.0 Å². The number of aliphatic hydroxyl groups is 1. The van der Waals surface area contributed by atoms with Crippen LogP contribution in [0.25, 0.3) is 0 Å². The number of carboxylic acid groups (broad SMARTS) is 1. The van der Waals surface area contributed by atoms with Gasteiger partial charge in [0.05, 0.1) is 17.5 Å². The monoisotopic (exact) mass is 354 g/mol. The highest BCUT2D eigenvalue weighted by Crippen LogP contribution is 2.60. The van der Waals surface area contributed by atoms with Crippen molar-refractivity contribution in [3.8, 4) is 0 Å². The summed E-state index contributed by atoms with van der Waals surface area (Å²) in [5.74, 6) is 1.21. The van der Waals surface area contributed by atoms with Crippen LogP contribution in [0, 0.1) is 11.8 Å². The zero-order valence-electron chi connectivity index (χ0n) is 15.0. The summed E-state index contributed by atoms with van der Waals surface area (Å²) in [4.78, 5) is 16.0. The number of aromatic carboxylic acids is 1. The zero-order chi connectivity index (χ0) is 17.7. The van der Waals surface area contributed by atoms with E-state index in [4.69, 9.17) is 0 Å². The molecule has 26 heavy (non-hydrogen) atoms. The average molecular weight is 354 g/mol. The summed E-state index contributed by atoms with van der Waals surface area (Å²) in [7, 11) is 0. The van der Waals surface area contributed by atoms with Crippen molar-refractivity contribution in [3.63, 3.8) is 0 Å². The molecule has 4 atom stereocenters. The highest BCUT2D eigenvalue weighted by molar-refractivity contribution is 5.89. The maximum atomic E-state index is 11.7. The summed E-state index contributed by atoms with van der Waals surface area (Å²) < 4.78 is 0. The Hall–Kier alpha value is -1.62. The van der Waals surface area contributed by atoms with Crippen molar-refractivity contribution in [1.82, 2.24) is 4.98 Å². The Kier molecular flexibility index (Phi) is 2.85. The number of nitrogens with one attached hydrogen (secondary N) is 1. The lowest BCUT2D eigenvalue weighted by Crippen LogP contribution is -2.62. The van der Waals surface area contributed by atoms with Crippen molar-refractivity contribution in [2.75, 3.05) is 5.32 Å². The number of hydrogen-bond donors (Lipinski definition) is 3. The van der Waals surface area contributed by atoms with Crippen molar-refractivity contribution < 1.29 is 15.0 Å². The molecule has 3 N–H and O–H groups in total. The number of aromatic nitrogens is 1. The van der Waals surface area contributed by atoms with Crippen LogP contribution in [0.1, 0.15) is 91.2 Å². The summed E-state index contributed by atoms with van der Waals surface area (Å²) in [5.41, 5.74) is 3.04. The van der Waals surface area contributed by atoms with Gasteiger partial charge in [0, 0.05) is 5.54 Å². The van der Waals surface area contributed by atoms with Crippen molar-refractivity contribution >= 4 is 11.7 Å². The van der Waals surface area contributed by atoms with Crippen LogP contribution in [-0.4, -0.2) is 32.3 Å². The summed E-state index contributed by atoms with van der Waals surface area (Å²) in [6.45, 7) is 0. The Morgan fingerprint density at radius 2 is 1.77 bits per heavy atom. The molecule has 0 saturated heterocycles. The summed E-state index contributed by atoms with van der Waals surface area (Å²) in [6.07, 6.45) is 11.4. The maximum absolute atomic E-state index is 11.7. The summed E-state index contributed by atoms with van der Waals surface area (Å²) in [5, 5.41) is 24.5. The van der Waals surface area contributed by atoms with Gasteiger partial charge in [-0.15, -0.1) is 0 Å². The molecular weight excluding hydrogens is 328 g/mol. The minimum absolute atomic E-state index is 0.0269. The molecule has 6 aliphatic rings. The fourth-order valence-corrected chi connectivity index (χ4v) is 7.82. The Bertz CT molecular complexity index is 806. The van der Waals surface area contributed by atoms with Gasteiger partial charge in [-0.05, 0) is 92.6 Å². The van der Waals surface area contributed by atoms with Gasteiger partial charge in [-0.25, -0.2) is 9.78 Å². The molecule has 138 valence electrons. The maximum Gasteiger partial charge on any atom is 0.354 e.